The first-order chi connectivity index (χ1) is 13.0. The van der Waals surface area contributed by atoms with Crippen LogP contribution in [0.3, 0.4) is 0 Å². The third kappa shape index (κ3) is 5.65. The lowest BCUT2D eigenvalue weighted by atomic mass is 10.3. The van der Waals surface area contributed by atoms with Crippen molar-refractivity contribution in [2.24, 2.45) is 0 Å². The molecule has 1 aliphatic rings. The first-order valence-electron chi connectivity index (χ1n) is 8.91. The highest BCUT2D eigenvalue weighted by molar-refractivity contribution is 7.13. The first kappa shape index (κ1) is 19.1. The summed E-state index contributed by atoms with van der Waals surface area (Å²) in [6.45, 7) is 2.28. The number of hydrogen-bond donors (Lipinski definition) is 2. The predicted molar refractivity (Wildman–Crippen MR) is 101 cm³/mol. The minimum absolute atomic E-state index is 0.0566. The third-order valence-electron chi connectivity index (χ3n) is 3.93. The summed E-state index contributed by atoms with van der Waals surface area (Å²) in [5.41, 5.74) is 0.616. The van der Waals surface area contributed by atoms with Crippen LogP contribution in [-0.4, -0.2) is 46.7 Å². The first-order valence-corrected chi connectivity index (χ1v) is 9.79. The Bertz CT molecular complexity index is 798. The number of thiazole rings is 1. The second-order valence-corrected chi connectivity index (χ2v) is 7.27. The summed E-state index contributed by atoms with van der Waals surface area (Å²) in [4.78, 5) is 42.2. The summed E-state index contributed by atoms with van der Waals surface area (Å²) in [5, 5.41) is 7.76. The van der Waals surface area contributed by atoms with Crippen LogP contribution in [0.4, 0.5) is 5.13 Å². The van der Waals surface area contributed by atoms with E-state index in [0.717, 1.165) is 19.3 Å². The van der Waals surface area contributed by atoms with Crippen LogP contribution in [0.15, 0.2) is 28.2 Å². The molecule has 1 aliphatic carbocycles. The van der Waals surface area contributed by atoms with Gasteiger partial charge in [0.05, 0.1) is 18.4 Å². The third-order valence-corrected chi connectivity index (χ3v) is 4.74. The van der Waals surface area contributed by atoms with Crippen LogP contribution in [-0.2, 0) is 16.0 Å². The Labute approximate surface area is 160 Å². The van der Waals surface area contributed by atoms with Gasteiger partial charge < -0.3 is 20.0 Å². The van der Waals surface area contributed by atoms with Crippen molar-refractivity contribution in [3.05, 3.63) is 35.2 Å². The van der Waals surface area contributed by atoms with Gasteiger partial charge in [-0.3, -0.25) is 14.4 Å². The number of nitrogens with zero attached hydrogens (tertiary/aromatic N) is 2. The number of nitrogens with one attached hydrogen (secondary N) is 2. The van der Waals surface area contributed by atoms with E-state index in [4.69, 9.17) is 4.42 Å². The van der Waals surface area contributed by atoms with Gasteiger partial charge in [-0.25, -0.2) is 4.98 Å². The maximum Gasteiger partial charge on any atom is 0.290 e. The molecule has 2 N–H and O–H groups in total. The Morgan fingerprint density at radius 2 is 2.15 bits per heavy atom. The number of carbonyl (C=O) groups excluding carboxylic acids is 3. The normalized spacial score (nSPS) is 13.2. The lowest BCUT2D eigenvalue weighted by Crippen LogP contribution is -2.38. The second kappa shape index (κ2) is 8.81. The fourth-order valence-corrected chi connectivity index (χ4v) is 3.25. The summed E-state index contributed by atoms with van der Waals surface area (Å²) < 4.78 is 5.12. The minimum Gasteiger partial charge on any atom is -0.459 e. The van der Waals surface area contributed by atoms with Crippen molar-refractivity contribution in [1.29, 1.82) is 0 Å². The van der Waals surface area contributed by atoms with Gasteiger partial charge in [0, 0.05) is 18.0 Å². The van der Waals surface area contributed by atoms with Gasteiger partial charge in [-0.15, -0.1) is 11.3 Å². The molecule has 0 aliphatic heterocycles. The Kier molecular flexibility index (Phi) is 6.23. The summed E-state index contributed by atoms with van der Waals surface area (Å²) in [6.07, 6.45) is 4.41. The van der Waals surface area contributed by atoms with Crippen LogP contribution in [0, 0.1) is 0 Å². The monoisotopic (exact) mass is 390 g/mol. The second-order valence-electron chi connectivity index (χ2n) is 6.41. The Hall–Kier alpha value is -2.68. The van der Waals surface area contributed by atoms with Gasteiger partial charge in [0.25, 0.3) is 5.91 Å². The minimum atomic E-state index is -0.341. The molecule has 0 aromatic carbocycles. The fourth-order valence-electron chi connectivity index (χ4n) is 2.53. The van der Waals surface area contributed by atoms with Crippen molar-refractivity contribution < 1.29 is 18.8 Å². The molecular weight excluding hydrogens is 368 g/mol. The molecule has 2 aromatic heterocycles. The molecule has 0 bridgehead atoms. The van der Waals surface area contributed by atoms with Crippen LogP contribution >= 0.6 is 11.3 Å². The van der Waals surface area contributed by atoms with Gasteiger partial charge >= 0.3 is 0 Å². The number of hydrogen-bond acceptors (Lipinski definition) is 6. The molecule has 0 atom stereocenters. The van der Waals surface area contributed by atoms with E-state index in [0.29, 0.717) is 23.4 Å². The highest BCUT2D eigenvalue weighted by Gasteiger charge is 2.24. The lowest BCUT2D eigenvalue weighted by Gasteiger charge is -2.20. The van der Waals surface area contributed by atoms with E-state index < -0.39 is 0 Å². The molecule has 0 radical (unpaired) electrons. The van der Waals surface area contributed by atoms with E-state index in [1.807, 2.05) is 6.92 Å². The summed E-state index contributed by atoms with van der Waals surface area (Å²) in [6, 6.07) is 3.52. The van der Waals surface area contributed by atoms with Crippen LogP contribution < -0.4 is 10.6 Å². The quantitative estimate of drug-likeness (QED) is 0.682. The fraction of sp³-hybridized carbons (Fsp3) is 0.444. The van der Waals surface area contributed by atoms with E-state index in [2.05, 4.69) is 15.6 Å². The van der Waals surface area contributed by atoms with Crippen molar-refractivity contribution in [2.45, 2.75) is 38.6 Å². The standard InChI is InChI=1S/C18H22N4O4S/c1-2-7-22(17(25)14-4-3-8-26-14)10-16(24)21-18-20-13(11-27-18)9-15(23)19-12-5-6-12/h3-4,8,11-12H,2,5-7,9-10H2,1H3,(H,19,23)(H,20,21,24). The number of carbonyl (C=O) groups is 3. The molecule has 9 heteroatoms. The maximum absolute atomic E-state index is 12.4. The average Bonchev–Trinajstić information content (AvgIpc) is 3.10. The van der Waals surface area contributed by atoms with Crippen LogP contribution in [0.2, 0.25) is 0 Å². The molecular formula is C18H22N4O4S. The van der Waals surface area contributed by atoms with Gasteiger partial charge in [0.1, 0.15) is 6.54 Å². The Balaban J connectivity index is 1.52. The largest absolute Gasteiger partial charge is 0.459 e. The van der Waals surface area contributed by atoms with Crippen molar-refractivity contribution >= 4 is 34.2 Å². The molecule has 2 heterocycles. The molecule has 2 aromatic rings. The van der Waals surface area contributed by atoms with Crippen LogP contribution in [0.1, 0.15) is 42.4 Å². The molecule has 0 saturated heterocycles. The number of aromatic nitrogens is 1. The highest BCUT2D eigenvalue weighted by atomic mass is 32.1. The molecule has 27 heavy (non-hydrogen) atoms. The topological polar surface area (TPSA) is 105 Å². The Morgan fingerprint density at radius 3 is 2.81 bits per heavy atom. The number of furan rings is 1. The van der Waals surface area contributed by atoms with E-state index in [-0.39, 0.29) is 36.4 Å². The Morgan fingerprint density at radius 1 is 1.33 bits per heavy atom. The van der Waals surface area contributed by atoms with Gasteiger partial charge in [0.2, 0.25) is 11.8 Å². The van der Waals surface area contributed by atoms with Crippen molar-refractivity contribution in [1.82, 2.24) is 15.2 Å². The van der Waals surface area contributed by atoms with E-state index >= 15 is 0 Å². The molecule has 0 spiro atoms. The number of rotatable bonds is 9. The zero-order valence-corrected chi connectivity index (χ0v) is 15.9. The lowest BCUT2D eigenvalue weighted by molar-refractivity contribution is -0.120. The van der Waals surface area contributed by atoms with E-state index in [9.17, 15) is 14.4 Å². The summed E-state index contributed by atoms with van der Waals surface area (Å²) in [5.74, 6) is -0.520. The zero-order chi connectivity index (χ0) is 19.2. The molecule has 0 unspecified atom stereocenters. The molecule has 3 rings (SSSR count). The zero-order valence-electron chi connectivity index (χ0n) is 15.1. The van der Waals surface area contributed by atoms with Crippen molar-refractivity contribution in [3.8, 4) is 0 Å². The van der Waals surface area contributed by atoms with E-state index in [1.165, 1.54) is 22.5 Å². The van der Waals surface area contributed by atoms with Crippen molar-refractivity contribution in [2.75, 3.05) is 18.4 Å². The van der Waals surface area contributed by atoms with Gasteiger partial charge in [-0.05, 0) is 31.4 Å². The SMILES string of the molecule is CCCN(CC(=O)Nc1nc(CC(=O)NC2CC2)cs1)C(=O)c1ccco1. The molecule has 144 valence electrons. The highest BCUT2D eigenvalue weighted by Crippen LogP contribution is 2.20. The van der Waals surface area contributed by atoms with Crippen molar-refractivity contribution in [3.63, 3.8) is 0 Å². The molecule has 1 fully saturated rings. The summed E-state index contributed by atoms with van der Waals surface area (Å²) >= 11 is 1.26. The predicted octanol–water partition coefficient (Wildman–Crippen LogP) is 2.05. The van der Waals surface area contributed by atoms with Gasteiger partial charge in [0.15, 0.2) is 10.9 Å². The molecule has 1 saturated carbocycles. The van der Waals surface area contributed by atoms with E-state index in [1.54, 1.807) is 17.5 Å². The average molecular weight is 390 g/mol. The molecule has 8 nitrogen and oxygen atoms in total. The van der Waals surface area contributed by atoms with Crippen LogP contribution in [0.25, 0.3) is 0 Å². The van der Waals surface area contributed by atoms with Crippen LogP contribution in [0.5, 0.6) is 0 Å². The van der Waals surface area contributed by atoms with Gasteiger partial charge in [-0.2, -0.15) is 0 Å². The summed E-state index contributed by atoms with van der Waals surface area (Å²) in [7, 11) is 0. The molecule has 3 amide bonds. The number of amides is 3. The smallest absolute Gasteiger partial charge is 0.290 e. The van der Waals surface area contributed by atoms with Gasteiger partial charge in [-0.1, -0.05) is 6.92 Å². The maximum atomic E-state index is 12.4. The number of anilines is 1.